The van der Waals surface area contributed by atoms with Gasteiger partial charge in [0.05, 0.1) is 23.3 Å². The van der Waals surface area contributed by atoms with E-state index in [1.807, 2.05) is 24.3 Å². The van der Waals surface area contributed by atoms with E-state index < -0.39 is 12.0 Å². The molecule has 0 saturated heterocycles. The zero-order chi connectivity index (χ0) is 19.1. The van der Waals surface area contributed by atoms with Crippen LogP contribution in [0.4, 0.5) is 11.4 Å². The molecule has 0 radical (unpaired) electrons. The molecule has 138 valence electrons. The highest BCUT2D eigenvalue weighted by atomic mass is 35.5. The molecular formula is C21H18Cl2N2O2. The van der Waals surface area contributed by atoms with E-state index in [1.54, 1.807) is 23.1 Å². The summed E-state index contributed by atoms with van der Waals surface area (Å²) in [5.41, 5.74) is 2.92. The number of aliphatic imine (C=N–C) groups is 1. The van der Waals surface area contributed by atoms with Gasteiger partial charge in [0.25, 0.3) is 0 Å². The maximum absolute atomic E-state index is 13.0. The number of ketones is 1. The SMILES string of the molecule is CC(=O)N1c2ccccc2N=C2CCCC(=O)C2C1c1ccc(Cl)cc1Cl. The summed E-state index contributed by atoms with van der Waals surface area (Å²) in [6.45, 7) is 1.51. The quantitative estimate of drug-likeness (QED) is 0.630. The lowest BCUT2D eigenvalue weighted by Crippen LogP contribution is -2.43. The van der Waals surface area contributed by atoms with Crippen molar-refractivity contribution >= 4 is 52.0 Å². The van der Waals surface area contributed by atoms with Crippen molar-refractivity contribution in [3.8, 4) is 0 Å². The topological polar surface area (TPSA) is 49.7 Å². The van der Waals surface area contributed by atoms with E-state index in [0.29, 0.717) is 33.4 Å². The fraction of sp³-hybridized carbons (Fsp3) is 0.286. The van der Waals surface area contributed by atoms with Gasteiger partial charge < -0.3 is 4.90 Å². The first kappa shape index (κ1) is 18.2. The summed E-state index contributed by atoms with van der Waals surface area (Å²) in [7, 11) is 0. The summed E-state index contributed by atoms with van der Waals surface area (Å²) in [5.74, 6) is -0.572. The lowest BCUT2D eigenvalue weighted by molar-refractivity contribution is -0.122. The van der Waals surface area contributed by atoms with Gasteiger partial charge >= 0.3 is 0 Å². The van der Waals surface area contributed by atoms with Crippen molar-refractivity contribution in [1.82, 2.24) is 0 Å². The fourth-order valence-corrected chi connectivity index (χ4v) is 4.59. The third kappa shape index (κ3) is 3.17. The largest absolute Gasteiger partial charge is 0.302 e. The van der Waals surface area contributed by atoms with Crippen LogP contribution in [0.3, 0.4) is 0 Å². The molecule has 2 aliphatic rings. The van der Waals surface area contributed by atoms with Crippen molar-refractivity contribution in [2.24, 2.45) is 10.9 Å². The van der Waals surface area contributed by atoms with E-state index in [4.69, 9.17) is 28.2 Å². The summed E-state index contributed by atoms with van der Waals surface area (Å²) >= 11 is 12.6. The van der Waals surface area contributed by atoms with Crippen LogP contribution in [-0.2, 0) is 9.59 Å². The summed E-state index contributed by atoms with van der Waals surface area (Å²) in [6.07, 6.45) is 1.99. The number of hydrogen-bond acceptors (Lipinski definition) is 3. The highest BCUT2D eigenvalue weighted by Gasteiger charge is 2.43. The molecular weight excluding hydrogens is 383 g/mol. The number of carbonyl (C=O) groups excluding carboxylic acids is 2. The van der Waals surface area contributed by atoms with Gasteiger partial charge in [0.15, 0.2) is 0 Å². The monoisotopic (exact) mass is 400 g/mol. The molecule has 1 aliphatic heterocycles. The number of rotatable bonds is 1. The third-order valence-electron chi connectivity index (χ3n) is 5.18. The Morgan fingerprint density at radius 3 is 2.67 bits per heavy atom. The van der Waals surface area contributed by atoms with Gasteiger partial charge in [0.2, 0.25) is 5.91 Å². The molecule has 1 amide bonds. The van der Waals surface area contributed by atoms with E-state index in [2.05, 4.69) is 0 Å². The molecule has 2 unspecified atom stereocenters. The lowest BCUT2D eigenvalue weighted by Gasteiger charge is -2.37. The number of fused-ring (bicyclic) bond motifs is 2. The van der Waals surface area contributed by atoms with Crippen LogP contribution in [-0.4, -0.2) is 17.4 Å². The van der Waals surface area contributed by atoms with Gasteiger partial charge in [-0.15, -0.1) is 0 Å². The minimum absolute atomic E-state index is 0.0927. The maximum Gasteiger partial charge on any atom is 0.224 e. The van der Waals surface area contributed by atoms with Gasteiger partial charge in [-0.1, -0.05) is 41.4 Å². The Hall–Kier alpha value is -2.17. The Morgan fingerprint density at radius 1 is 1.15 bits per heavy atom. The van der Waals surface area contributed by atoms with Crippen LogP contribution in [0.5, 0.6) is 0 Å². The van der Waals surface area contributed by atoms with Crippen LogP contribution in [0.1, 0.15) is 37.8 Å². The fourth-order valence-electron chi connectivity index (χ4n) is 4.07. The van der Waals surface area contributed by atoms with Gasteiger partial charge in [-0.2, -0.15) is 0 Å². The summed E-state index contributed by atoms with van der Waals surface area (Å²) < 4.78 is 0. The smallest absolute Gasteiger partial charge is 0.224 e. The number of halogens is 2. The van der Waals surface area contributed by atoms with Crippen LogP contribution in [0.25, 0.3) is 0 Å². The van der Waals surface area contributed by atoms with Gasteiger partial charge in [0.1, 0.15) is 5.78 Å². The molecule has 4 rings (SSSR count). The van der Waals surface area contributed by atoms with Crippen molar-refractivity contribution in [2.75, 3.05) is 4.90 Å². The van der Waals surface area contributed by atoms with Crippen LogP contribution in [0, 0.1) is 5.92 Å². The Balaban J connectivity index is 2.00. The molecule has 1 fully saturated rings. The predicted octanol–water partition coefficient (Wildman–Crippen LogP) is 5.54. The maximum atomic E-state index is 13.0. The van der Waals surface area contributed by atoms with Crippen molar-refractivity contribution < 1.29 is 9.59 Å². The van der Waals surface area contributed by atoms with Crippen LogP contribution in [0.15, 0.2) is 47.5 Å². The van der Waals surface area contributed by atoms with Crippen molar-refractivity contribution in [1.29, 1.82) is 0 Å². The van der Waals surface area contributed by atoms with Crippen LogP contribution >= 0.6 is 23.2 Å². The van der Waals surface area contributed by atoms with Gasteiger partial charge in [-0.3, -0.25) is 14.6 Å². The number of Topliss-reactive ketones (excluding diaryl/α,β-unsaturated/α-hetero) is 1. The number of carbonyl (C=O) groups is 2. The molecule has 0 aromatic heterocycles. The molecule has 27 heavy (non-hydrogen) atoms. The summed E-state index contributed by atoms with van der Waals surface area (Å²) in [5, 5.41) is 0.951. The average Bonchev–Trinajstić information content (AvgIpc) is 2.76. The minimum atomic E-state index is -0.539. The lowest BCUT2D eigenvalue weighted by atomic mass is 9.78. The Kier molecular flexibility index (Phi) is 4.79. The summed E-state index contributed by atoms with van der Waals surface area (Å²) in [6, 6.07) is 12.1. The molecule has 1 aliphatic carbocycles. The van der Waals surface area contributed by atoms with Gasteiger partial charge in [0, 0.05) is 29.1 Å². The van der Waals surface area contributed by atoms with Crippen molar-refractivity contribution in [2.45, 2.75) is 32.2 Å². The highest BCUT2D eigenvalue weighted by molar-refractivity contribution is 6.35. The first-order chi connectivity index (χ1) is 13.0. The molecule has 2 atom stereocenters. The molecule has 1 saturated carbocycles. The molecule has 0 spiro atoms. The number of benzene rings is 2. The second kappa shape index (κ2) is 7.10. The van der Waals surface area contributed by atoms with E-state index in [-0.39, 0.29) is 11.7 Å². The van der Waals surface area contributed by atoms with Gasteiger partial charge in [-0.05, 0) is 42.7 Å². The van der Waals surface area contributed by atoms with E-state index >= 15 is 0 Å². The number of hydrogen-bond donors (Lipinski definition) is 0. The molecule has 1 heterocycles. The molecule has 4 nitrogen and oxygen atoms in total. The molecule has 0 bridgehead atoms. The zero-order valence-electron chi connectivity index (χ0n) is 14.8. The number of nitrogens with zero attached hydrogens (tertiary/aromatic N) is 2. The molecule has 2 aromatic rings. The second-order valence-electron chi connectivity index (χ2n) is 6.89. The highest BCUT2D eigenvalue weighted by Crippen LogP contribution is 2.46. The number of anilines is 1. The van der Waals surface area contributed by atoms with E-state index in [0.717, 1.165) is 18.6 Å². The van der Waals surface area contributed by atoms with Crippen molar-refractivity contribution in [3.63, 3.8) is 0 Å². The third-order valence-corrected chi connectivity index (χ3v) is 5.74. The second-order valence-corrected chi connectivity index (χ2v) is 7.73. The normalized spacial score (nSPS) is 21.8. The van der Waals surface area contributed by atoms with E-state index in [9.17, 15) is 9.59 Å². The molecule has 0 N–H and O–H groups in total. The van der Waals surface area contributed by atoms with E-state index in [1.165, 1.54) is 6.92 Å². The summed E-state index contributed by atoms with van der Waals surface area (Å²) in [4.78, 5) is 32.2. The first-order valence-electron chi connectivity index (χ1n) is 8.91. The molecule has 2 aromatic carbocycles. The Morgan fingerprint density at radius 2 is 1.93 bits per heavy atom. The number of amides is 1. The number of para-hydroxylation sites is 2. The predicted molar refractivity (Wildman–Crippen MR) is 108 cm³/mol. The van der Waals surface area contributed by atoms with Crippen LogP contribution < -0.4 is 4.90 Å². The molecule has 6 heteroatoms. The van der Waals surface area contributed by atoms with Gasteiger partial charge in [-0.25, -0.2) is 0 Å². The first-order valence-corrected chi connectivity index (χ1v) is 9.67. The average molecular weight is 401 g/mol. The Bertz CT molecular complexity index is 970. The van der Waals surface area contributed by atoms with Crippen LogP contribution in [0.2, 0.25) is 10.0 Å². The Labute approximate surface area is 167 Å². The minimum Gasteiger partial charge on any atom is -0.302 e. The zero-order valence-corrected chi connectivity index (χ0v) is 16.3. The van der Waals surface area contributed by atoms with Crippen molar-refractivity contribution in [3.05, 3.63) is 58.1 Å². The standard InChI is InChI=1S/C21H18Cl2N2O2/c1-12(26)25-18-7-3-2-5-16(18)24-17-6-4-8-19(27)20(17)21(25)14-10-9-13(22)11-15(14)23/h2-3,5,7,9-11,20-21H,4,6,8H2,1H3.